The second kappa shape index (κ2) is 6.35. The molecule has 1 saturated carbocycles. The van der Waals surface area contributed by atoms with Crippen LogP contribution in [-0.2, 0) is 6.54 Å². The number of carbonyl (C=O) groups excluding carboxylic acids is 1. The number of halogens is 4. The van der Waals surface area contributed by atoms with E-state index < -0.39 is 23.4 Å². The van der Waals surface area contributed by atoms with E-state index in [1.165, 1.54) is 29.2 Å². The van der Waals surface area contributed by atoms with Gasteiger partial charge in [0.1, 0.15) is 17.5 Å². The van der Waals surface area contributed by atoms with Gasteiger partial charge in [-0.05, 0) is 37.1 Å². The van der Waals surface area contributed by atoms with Crippen molar-refractivity contribution >= 4 is 21.8 Å². The number of amides is 1. The molecule has 0 N–H and O–H groups in total. The number of hydrogen-bond acceptors (Lipinski definition) is 1. The first-order valence-corrected chi connectivity index (χ1v) is 7.95. The summed E-state index contributed by atoms with van der Waals surface area (Å²) in [5.41, 5.74) is 0.149. The smallest absolute Gasteiger partial charge is 0.257 e. The minimum Gasteiger partial charge on any atom is -0.331 e. The van der Waals surface area contributed by atoms with E-state index in [0.717, 1.165) is 25.0 Å². The maximum absolute atomic E-state index is 13.9. The molecule has 0 atom stereocenters. The molecular weight excluding hydrogens is 371 g/mol. The summed E-state index contributed by atoms with van der Waals surface area (Å²) in [5.74, 6) is -2.50. The summed E-state index contributed by atoms with van der Waals surface area (Å²) >= 11 is 3.21. The summed E-state index contributed by atoms with van der Waals surface area (Å²) in [6.45, 7) is -0.0123. The highest BCUT2D eigenvalue weighted by atomic mass is 79.9. The van der Waals surface area contributed by atoms with E-state index in [-0.39, 0.29) is 23.7 Å². The molecule has 0 bridgehead atoms. The Labute approximate surface area is 140 Å². The zero-order chi connectivity index (χ0) is 16.6. The molecule has 120 valence electrons. The standard InChI is InChI=1S/C17H13BrF3NO/c18-11-2-6-15(20)14(7-11)17(23)22(13-4-5-13)9-10-1-3-12(19)8-16(10)21/h1-3,6-8,13H,4-5,9H2. The highest BCUT2D eigenvalue weighted by molar-refractivity contribution is 9.10. The number of benzene rings is 2. The van der Waals surface area contributed by atoms with Gasteiger partial charge in [0.05, 0.1) is 5.56 Å². The van der Waals surface area contributed by atoms with Crippen LogP contribution in [-0.4, -0.2) is 16.8 Å². The fraction of sp³-hybridized carbons (Fsp3) is 0.235. The van der Waals surface area contributed by atoms with Gasteiger partial charge in [-0.2, -0.15) is 0 Å². The van der Waals surface area contributed by atoms with Crippen molar-refractivity contribution in [1.29, 1.82) is 0 Å². The molecule has 2 nitrogen and oxygen atoms in total. The van der Waals surface area contributed by atoms with Gasteiger partial charge >= 0.3 is 0 Å². The number of rotatable bonds is 4. The Morgan fingerprint density at radius 1 is 1.09 bits per heavy atom. The average molecular weight is 384 g/mol. The SMILES string of the molecule is O=C(c1cc(Br)ccc1F)N(Cc1ccc(F)cc1F)C1CC1. The largest absolute Gasteiger partial charge is 0.331 e. The molecular formula is C17H13BrF3NO. The number of hydrogen-bond donors (Lipinski definition) is 0. The van der Waals surface area contributed by atoms with E-state index in [1.807, 2.05) is 0 Å². The predicted octanol–water partition coefficient (Wildman–Crippen LogP) is 4.67. The Hall–Kier alpha value is -1.82. The molecule has 0 radical (unpaired) electrons. The third-order valence-corrected chi connectivity index (χ3v) is 4.26. The molecule has 0 heterocycles. The molecule has 2 aromatic rings. The first-order valence-electron chi connectivity index (χ1n) is 7.15. The van der Waals surface area contributed by atoms with Crippen LogP contribution >= 0.6 is 15.9 Å². The Morgan fingerprint density at radius 2 is 1.83 bits per heavy atom. The minimum absolute atomic E-state index is 0.0123. The highest BCUT2D eigenvalue weighted by Crippen LogP contribution is 2.31. The topological polar surface area (TPSA) is 20.3 Å². The van der Waals surface area contributed by atoms with Crippen LogP contribution in [0, 0.1) is 17.5 Å². The van der Waals surface area contributed by atoms with Gasteiger partial charge in [0.15, 0.2) is 0 Å². The van der Waals surface area contributed by atoms with E-state index in [0.29, 0.717) is 4.47 Å². The third kappa shape index (κ3) is 3.58. The Balaban J connectivity index is 1.89. The Kier molecular flexibility index (Phi) is 4.43. The molecule has 0 aromatic heterocycles. The van der Waals surface area contributed by atoms with E-state index in [9.17, 15) is 18.0 Å². The van der Waals surface area contributed by atoms with E-state index >= 15 is 0 Å². The monoisotopic (exact) mass is 383 g/mol. The lowest BCUT2D eigenvalue weighted by molar-refractivity contribution is 0.0723. The summed E-state index contributed by atoms with van der Waals surface area (Å²) in [6.07, 6.45) is 1.59. The lowest BCUT2D eigenvalue weighted by Crippen LogP contribution is -2.33. The molecule has 1 amide bonds. The molecule has 2 aromatic carbocycles. The first kappa shape index (κ1) is 16.1. The van der Waals surface area contributed by atoms with Crippen molar-refractivity contribution < 1.29 is 18.0 Å². The molecule has 0 spiro atoms. The molecule has 0 unspecified atom stereocenters. The van der Waals surface area contributed by atoms with Crippen molar-refractivity contribution in [3.05, 3.63) is 69.4 Å². The van der Waals surface area contributed by atoms with Gasteiger partial charge in [-0.1, -0.05) is 22.0 Å². The van der Waals surface area contributed by atoms with Crippen LogP contribution in [0.3, 0.4) is 0 Å². The zero-order valence-corrected chi connectivity index (χ0v) is 13.6. The van der Waals surface area contributed by atoms with Gasteiger partial charge in [-0.25, -0.2) is 13.2 Å². The van der Waals surface area contributed by atoms with Crippen LogP contribution in [0.15, 0.2) is 40.9 Å². The van der Waals surface area contributed by atoms with Gasteiger partial charge < -0.3 is 4.90 Å². The maximum Gasteiger partial charge on any atom is 0.257 e. The second-order valence-electron chi connectivity index (χ2n) is 5.52. The van der Waals surface area contributed by atoms with Crippen molar-refractivity contribution in [1.82, 2.24) is 4.90 Å². The van der Waals surface area contributed by atoms with Crippen molar-refractivity contribution in [3.8, 4) is 0 Å². The summed E-state index contributed by atoms with van der Waals surface area (Å²) < 4.78 is 41.4. The van der Waals surface area contributed by atoms with Crippen LogP contribution in [0.5, 0.6) is 0 Å². The van der Waals surface area contributed by atoms with Crippen LogP contribution in [0.4, 0.5) is 13.2 Å². The van der Waals surface area contributed by atoms with Crippen molar-refractivity contribution in [3.63, 3.8) is 0 Å². The summed E-state index contributed by atoms with van der Waals surface area (Å²) in [6, 6.07) is 7.33. The first-order chi connectivity index (χ1) is 11.0. The zero-order valence-electron chi connectivity index (χ0n) is 12.0. The fourth-order valence-electron chi connectivity index (χ4n) is 2.40. The van der Waals surface area contributed by atoms with Gasteiger partial charge in [0, 0.05) is 28.7 Å². The molecule has 0 saturated heterocycles. The molecule has 0 aliphatic heterocycles. The van der Waals surface area contributed by atoms with Crippen LogP contribution < -0.4 is 0 Å². The van der Waals surface area contributed by atoms with Crippen LogP contribution in [0.2, 0.25) is 0 Å². The predicted molar refractivity (Wildman–Crippen MR) is 83.4 cm³/mol. The second-order valence-corrected chi connectivity index (χ2v) is 6.44. The normalized spacial score (nSPS) is 13.9. The van der Waals surface area contributed by atoms with Crippen molar-refractivity contribution in [2.75, 3.05) is 0 Å². The molecule has 1 fully saturated rings. The van der Waals surface area contributed by atoms with E-state index in [2.05, 4.69) is 15.9 Å². The van der Waals surface area contributed by atoms with Crippen molar-refractivity contribution in [2.24, 2.45) is 0 Å². The quantitative estimate of drug-likeness (QED) is 0.750. The van der Waals surface area contributed by atoms with Gasteiger partial charge in [-0.15, -0.1) is 0 Å². The Bertz CT molecular complexity index is 761. The molecule has 1 aliphatic carbocycles. The van der Waals surface area contributed by atoms with E-state index in [1.54, 1.807) is 0 Å². The van der Waals surface area contributed by atoms with Crippen LogP contribution in [0.25, 0.3) is 0 Å². The van der Waals surface area contributed by atoms with Gasteiger partial charge in [-0.3, -0.25) is 4.79 Å². The van der Waals surface area contributed by atoms with E-state index in [4.69, 9.17) is 0 Å². The summed E-state index contributed by atoms with van der Waals surface area (Å²) in [7, 11) is 0. The molecule has 3 rings (SSSR count). The molecule has 6 heteroatoms. The number of carbonyl (C=O) groups is 1. The molecule has 23 heavy (non-hydrogen) atoms. The highest BCUT2D eigenvalue weighted by Gasteiger charge is 2.34. The fourth-order valence-corrected chi connectivity index (χ4v) is 2.76. The lowest BCUT2D eigenvalue weighted by Gasteiger charge is -2.23. The van der Waals surface area contributed by atoms with Crippen LogP contribution in [0.1, 0.15) is 28.8 Å². The van der Waals surface area contributed by atoms with Crippen molar-refractivity contribution in [2.45, 2.75) is 25.4 Å². The lowest BCUT2D eigenvalue weighted by atomic mass is 10.1. The third-order valence-electron chi connectivity index (χ3n) is 3.76. The summed E-state index contributed by atoms with van der Waals surface area (Å²) in [4.78, 5) is 14.1. The number of nitrogens with zero attached hydrogens (tertiary/aromatic N) is 1. The molecule has 1 aliphatic rings. The average Bonchev–Trinajstić information content (AvgIpc) is 3.33. The van der Waals surface area contributed by atoms with Gasteiger partial charge in [0.2, 0.25) is 0 Å². The maximum atomic E-state index is 13.9. The minimum atomic E-state index is -0.710. The Morgan fingerprint density at radius 3 is 2.48 bits per heavy atom. The van der Waals surface area contributed by atoms with Gasteiger partial charge in [0.25, 0.3) is 5.91 Å². The summed E-state index contributed by atoms with van der Waals surface area (Å²) in [5, 5.41) is 0.